The Hall–Kier alpha value is -2.67. The number of ketones is 1. The second-order valence-electron chi connectivity index (χ2n) is 4.36. The van der Waals surface area contributed by atoms with Gasteiger partial charge in [-0.3, -0.25) is 9.78 Å². The van der Waals surface area contributed by atoms with Crippen LogP contribution in [0.1, 0.15) is 10.4 Å². The molecule has 0 unspecified atom stereocenters. The Bertz CT molecular complexity index is 696. The minimum Gasteiger partial charge on any atom is -0.382 e. The minimum absolute atomic E-state index is 0.0991. The van der Waals surface area contributed by atoms with E-state index in [9.17, 15) is 4.79 Å². The van der Waals surface area contributed by atoms with Gasteiger partial charge >= 0.3 is 0 Å². The third-order valence-corrected chi connectivity index (χ3v) is 2.61. The number of carbonyl (C=O) groups is 1. The highest BCUT2D eigenvalue weighted by atomic mass is 16.1. The maximum absolute atomic E-state index is 12.2. The average molecular weight is 251 g/mol. The van der Waals surface area contributed by atoms with Gasteiger partial charge in [0.05, 0.1) is 5.52 Å². The molecule has 0 aliphatic rings. The first-order chi connectivity index (χ1) is 9.11. The molecule has 94 valence electrons. The van der Waals surface area contributed by atoms with E-state index in [1.54, 1.807) is 25.1 Å². The van der Waals surface area contributed by atoms with E-state index in [1.807, 2.05) is 30.3 Å². The number of para-hydroxylation sites is 1. The molecule has 4 nitrogen and oxygen atoms in total. The molecule has 1 heterocycles. The van der Waals surface area contributed by atoms with Crippen LogP contribution in [0, 0.1) is 11.3 Å². The van der Waals surface area contributed by atoms with Crippen molar-refractivity contribution >= 4 is 16.7 Å². The van der Waals surface area contributed by atoms with E-state index in [0.717, 1.165) is 10.9 Å². The van der Waals surface area contributed by atoms with Crippen LogP contribution in [0.3, 0.4) is 0 Å². The van der Waals surface area contributed by atoms with Gasteiger partial charge in [0.1, 0.15) is 11.6 Å². The molecule has 0 spiro atoms. The number of allylic oxidation sites excluding steroid dienone is 1. The molecule has 0 saturated heterocycles. The van der Waals surface area contributed by atoms with Gasteiger partial charge in [-0.15, -0.1) is 0 Å². The number of pyridine rings is 1. The molecule has 2 rings (SSSR count). The highest BCUT2D eigenvalue weighted by Gasteiger charge is 2.13. The number of rotatable bonds is 3. The van der Waals surface area contributed by atoms with E-state index in [0.29, 0.717) is 5.56 Å². The van der Waals surface area contributed by atoms with Crippen molar-refractivity contribution < 1.29 is 4.79 Å². The summed E-state index contributed by atoms with van der Waals surface area (Å²) in [6.07, 6.45) is 3.02. The van der Waals surface area contributed by atoms with E-state index < -0.39 is 0 Å². The molecular formula is C15H13N3O. The highest BCUT2D eigenvalue weighted by Crippen LogP contribution is 2.15. The first-order valence-corrected chi connectivity index (χ1v) is 5.79. The Morgan fingerprint density at radius 2 is 2.11 bits per heavy atom. The lowest BCUT2D eigenvalue weighted by Gasteiger charge is -2.06. The number of nitriles is 1. The fourth-order valence-corrected chi connectivity index (χ4v) is 1.75. The summed E-state index contributed by atoms with van der Waals surface area (Å²) in [4.78, 5) is 18.1. The Labute approximate surface area is 111 Å². The molecule has 0 aliphatic heterocycles. The lowest BCUT2D eigenvalue weighted by atomic mass is 10.0. The zero-order chi connectivity index (χ0) is 13.8. The largest absolute Gasteiger partial charge is 0.382 e. The van der Waals surface area contributed by atoms with Crippen LogP contribution in [0.25, 0.3) is 10.9 Å². The van der Waals surface area contributed by atoms with Crippen LogP contribution < -0.4 is 0 Å². The summed E-state index contributed by atoms with van der Waals surface area (Å²) in [7, 11) is 3.53. The van der Waals surface area contributed by atoms with Gasteiger partial charge < -0.3 is 4.90 Å². The molecule has 0 N–H and O–H groups in total. The van der Waals surface area contributed by atoms with E-state index >= 15 is 0 Å². The summed E-state index contributed by atoms with van der Waals surface area (Å²) in [5.74, 6) is -0.311. The monoisotopic (exact) mass is 251 g/mol. The van der Waals surface area contributed by atoms with Crippen molar-refractivity contribution in [2.45, 2.75) is 0 Å². The second-order valence-corrected chi connectivity index (χ2v) is 4.36. The van der Waals surface area contributed by atoms with Crippen LogP contribution in [0.15, 0.2) is 48.3 Å². The highest BCUT2D eigenvalue weighted by molar-refractivity contribution is 6.12. The molecular weight excluding hydrogens is 238 g/mol. The predicted octanol–water partition coefficient (Wildman–Crippen LogP) is 2.39. The molecule has 4 heteroatoms. The molecule has 0 bridgehead atoms. The smallest absolute Gasteiger partial charge is 0.206 e. The Balaban J connectivity index is 2.44. The third-order valence-electron chi connectivity index (χ3n) is 2.61. The summed E-state index contributed by atoms with van der Waals surface area (Å²) in [6.45, 7) is 0. The molecule has 2 aromatic rings. The number of aromatic nitrogens is 1. The van der Waals surface area contributed by atoms with Gasteiger partial charge in [0, 0.05) is 37.4 Å². The van der Waals surface area contributed by atoms with Crippen molar-refractivity contribution in [2.24, 2.45) is 0 Å². The SMILES string of the molecule is CN(C)/C=C(\C#N)C(=O)c1cnc2ccccc2c1. The number of hydrogen-bond acceptors (Lipinski definition) is 4. The van der Waals surface area contributed by atoms with Crippen LogP contribution in [-0.2, 0) is 0 Å². The first kappa shape index (κ1) is 12.8. The summed E-state index contributed by atoms with van der Waals surface area (Å²) in [6, 6.07) is 11.2. The van der Waals surface area contributed by atoms with E-state index in [2.05, 4.69) is 4.98 Å². The van der Waals surface area contributed by atoms with Gasteiger partial charge in [-0.2, -0.15) is 5.26 Å². The minimum atomic E-state index is -0.311. The fourth-order valence-electron chi connectivity index (χ4n) is 1.75. The van der Waals surface area contributed by atoms with Gasteiger partial charge in [0.25, 0.3) is 0 Å². The number of benzene rings is 1. The fraction of sp³-hybridized carbons (Fsp3) is 0.133. The van der Waals surface area contributed by atoms with Crippen molar-refractivity contribution in [3.05, 3.63) is 53.9 Å². The molecule has 0 aliphatic carbocycles. The maximum atomic E-state index is 12.2. The summed E-state index contributed by atoms with van der Waals surface area (Å²) in [5, 5.41) is 9.92. The van der Waals surface area contributed by atoms with Gasteiger partial charge in [-0.1, -0.05) is 18.2 Å². The number of fused-ring (bicyclic) bond motifs is 1. The summed E-state index contributed by atoms with van der Waals surface area (Å²) in [5.41, 5.74) is 1.35. The molecule has 0 saturated carbocycles. The number of hydrogen-bond donors (Lipinski definition) is 0. The van der Waals surface area contributed by atoms with Crippen molar-refractivity contribution in [2.75, 3.05) is 14.1 Å². The lowest BCUT2D eigenvalue weighted by Crippen LogP contribution is -2.09. The zero-order valence-electron chi connectivity index (χ0n) is 10.8. The maximum Gasteiger partial charge on any atom is 0.206 e. The summed E-state index contributed by atoms with van der Waals surface area (Å²) < 4.78 is 0. The lowest BCUT2D eigenvalue weighted by molar-refractivity contribution is 0.103. The average Bonchev–Trinajstić information content (AvgIpc) is 2.43. The van der Waals surface area contributed by atoms with Crippen LogP contribution in [0.5, 0.6) is 0 Å². The summed E-state index contributed by atoms with van der Waals surface area (Å²) >= 11 is 0. The van der Waals surface area contributed by atoms with Gasteiger partial charge in [-0.05, 0) is 12.1 Å². The normalized spacial score (nSPS) is 11.1. The Morgan fingerprint density at radius 3 is 2.79 bits per heavy atom. The Morgan fingerprint density at radius 1 is 1.37 bits per heavy atom. The van der Waals surface area contributed by atoms with Gasteiger partial charge in [0.15, 0.2) is 0 Å². The predicted molar refractivity (Wildman–Crippen MR) is 73.5 cm³/mol. The molecule has 0 radical (unpaired) electrons. The number of Topliss-reactive ketones (excluding diaryl/α,β-unsaturated/α-hetero) is 1. The standard InChI is InChI=1S/C15H13N3O/c1-18(2)10-13(8-16)15(19)12-7-11-5-3-4-6-14(11)17-9-12/h3-7,9-10H,1-2H3/b13-10+. The second kappa shape index (κ2) is 5.32. The van der Waals surface area contributed by atoms with E-state index in [-0.39, 0.29) is 11.4 Å². The Kier molecular flexibility index (Phi) is 3.58. The van der Waals surface area contributed by atoms with Crippen molar-refractivity contribution in [3.63, 3.8) is 0 Å². The van der Waals surface area contributed by atoms with Crippen LogP contribution in [-0.4, -0.2) is 29.8 Å². The molecule has 0 atom stereocenters. The molecule has 19 heavy (non-hydrogen) atoms. The van der Waals surface area contributed by atoms with Crippen molar-refractivity contribution in [3.8, 4) is 6.07 Å². The molecule has 0 fully saturated rings. The van der Waals surface area contributed by atoms with Gasteiger partial charge in [0.2, 0.25) is 5.78 Å². The zero-order valence-corrected chi connectivity index (χ0v) is 10.8. The van der Waals surface area contributed by atoms with E-state index in [4.69, 9.17) is 5.26 Å². The van der Waals surface area contributed by atoms with Crippen LogP contribution >= 0.6 is 0 Å². The molecule has 0 amide bonds. The van der Waals surface area contributed by atoms with Crippen molar-refractivity contribution in [1.29, 1.82) is 5.26 Å². The van der Waals surface area contributed by atoms with E-state index in [1.165, 1.54) is 12.4 Å². The topological polar surface area (TPSA) is 57.0 Å². The number of nitrogens with zero attached hydrogens (tertiary/aromatic N) is 3. The quantitative estimate of drug-likeness (QED) is 0.477. The van der Waals surface area contributed by atoms with Gasteiger partial charge in [-0.25, -0.2) is 0 Å². The van der Waals surface area contributed by atoms with Crippen LogP contribution in [0.2, 0.25) is 0 Å². The van der Waals surface area contributed by atoms with Crippen molar-refractivity contribution in [1.82, 2.24) is 9.88 Å². The molecule has 1 aromatic carbocycles. The van der Waals surface area contributed by atoms with Crippen LogP contribution in [0.4, 0.5) is 0 Å². The first-order valence-electron chi connectivity index (χ1n) is 5.79. The third kappa shape index (κ3) is 2.78. The molecule has 1 aromatic heterocycles. The number of carbonyl (C=O) groups excluding carboxylic acids is 1.